The average molecular weight is 267 g/mol. The third-order valence-corrected chi connectivity index (χ3v) is 2.54. The minimum absolute atomic E-state index is 0.0453. The molecule has 1 aromatic rings. The minimum atomic E-state index is -0.0453. The van der Waals surface area contributed by atoms with Crippen molar-refractivity contribution in [3.8, 4) is 5.75 Å². The highest BCUT2D eigenvalue weighted by Gasteiger charge is 2.16. The number of hydrogen-bond donors (Lipinski definition) is 2. The normalized spacial score (nSPS) is 9.89. The van der Waals surface area contributed by atoms with Crippen molar-refractivity contribution >= 4 is 17.5 Å². The smallest absolute Gasteiger partial charge is 0.239 e. The van der Waals surface area contributed by atoms with Crippen LogP contribution in [0.2, 0.25) is 0 Å². The number of carbonyl (C=O) groups excluding carboxylic acids is 1. The molecule has 0 aromatic carbocycles. The number of carbonyl (C=O) groups is 1. The highest BCUT2D eigenvalue weighted by atomic mass is 16.5. The van der Waals surface area contributed by atoms with Crippen molar-refractivity contribution in [3.63, 3.8) is 0 Å². The number of likely N-dealkylation sites (N-methyl/N-ethyl adjacent to an activating group) is 1. The molecule has 0 radical (unpaired) electrons. The van der Waals surface area contributed by atoms with Crippen LogP contribution < -0.4 is 20.3 Å². The molecule has 19 heavy (non-hydrogen) atoms. The number of amides is 1. The third-order valence-electron chi connectivity index (χ3n) is 2.54. The van der Waals surface area contributed by atoms with Gasteiger partial charge in [0, 0.05) is 20.6 Å². The summed E-state index contributed by atoms with van der Waals surface area (Å²) in [6, 6.07) is 0. The van der Waals surface area contributed by atoms with Crippen LogP contribution in [0.25, 0.3) is 0 Å². The quantitative estimate of drug-likeness (QED) is 0.748. The van der Waals surface area contributed by atoms with Crippen molar-refractivity contribution in [1.82, 2.24) is 15.3 Å². The third kappa shape index (κ3) is 3.97. The van der Waals surface area contributed by atoms with E-state index in [9.17, 15) is 4.79 Å². The van der Waals surface area contributed by atoms with Gasteiger partial charge < -0.3 is 20.3 Å². The molecule has 1 heterocycles. The first-order chi connectivity index (χ1) is 9.13. The molecule has 0 aliphatic heterocycles. The second kappa shape index (κ2) is 7.40. The molecule has 0 fully saturated rings. The molecule has 0 spiro atoms. The van der Waals surface area contributed by atoms with Gasteiger partial charge in [-0.15, -0.1) is 0 Å². The van der Waals surface area contributed by atoms with Crippen LogP contribution in [0.3, 0.4) is 0 Å². The van der Waals surface area contributed by atoms with E-state index in [4.69, 9.17) is 4.74 Å². The Morgan fingerprint density at radius 3 is 2.79 bits per heavy atom. The summed E-state index contributed by atoms with van der Waals surface area (Å²) in [4.78, 5) is 21.6. The molecule has 106 valence electrons. The summed E-state index contributed by atoms with van der Waals surface area (Å²) in [6.45, 7) is 2.91. The van der Waals surface area contributed by atoms with E-state index in [1.165, 1.54) is 6.33 Å². The van der Waals surface area contributed by atoms with E-state index in [1.807, 2.05) is 6.92 Å². The van der Waals surface area contributed by atoms with Gasteiger partial charge in [0.1, 0.15) is 6.33 Å². The Morgan fingerprint density at radius 1 is 1.47 bits per heavy atom. The highest BCUT2D eigenvalue weighted by Crippen LogP contribution is 2.30. The second-order valence-corrected chi connectivity index (χ2v) is 4.04. The topological polar surface area (TPSA) is 79.4 Å². The summed E-state index contributed by atoms with van der Waals surface area (Å²) >= 11 is 0. The zero-order valence-corrected chi connectivity index (χ0v) is 11.9. The standard InChI is InChI=1S/C12H21N5O2/c1-5-6-14-9(18)7-17(3)12-10(19-4)11(13-2)15-8-16-12/h8H,5-7H2,1-4H3,(H,14,18)(H,13,15,16). The largest absolute Gasteiger partial charge is 0.490 e. The summed E-state index contributed by atoms with van der Waals surface area (Å²) in [6.07, 6.45) is 2.35. The van der Waals surface area contributed by atoms with E-state index < -0.39 is 0 Å². The van der Waals surface area contributed by atoms with Crippen molar-refractivity contribution in [2.24, 2.45) is 0 Å². The fraction of sp³-hybridized carbons (Fsp3) is 0.583. The van der Waals surface area contributed by atoms with E-state index in [0.29, 0.717) is 23.9 Å². The Balaban J connectivity index is 2.81. The monoisotopic (exact) mass is 267 g/mol. The van der Waals surface area contributed by atoms with E-state index in [0.717, 1.165) is 6.42 Å². The summed E-state index contributed by atoms with van der Waals surface area (Å²) in [7, 11) is 5.09. The van der Waals surface area contributed by atoms with Crippen LogP contribution in [0.4, 0.5) is 11.6 Å². The maximum atomic E-state index is 11.7. The van der Waals surface area contributed by atoms with Gasteiger partial charge in [-0.3, -0.25) is 4.79 Å². The lowest BCUT2D eigenvalue weighted by molar-refractivity contribution is -0.119. The number of nitrogens with zero attached hydrogens (tertiary/aromatic N) is 3. The first kappa shape index (κ1) is 15.0. The second-order valence-electron chi connectivity index (χ2n) is 4.04. The van der Waals surface area contributed by atoms with Crippen molar-refractivity contribution in [2.75, 3.05) is 44.5 Å². The van der Waals surface area contributed by atoms with Crippen LogP contribution in [-0.2, 0) is 4.79 Å². The average Bonchev–Trinajstić information content (AvgIpc) is 2.43. The van der Waals surface area contributed by atoms with Crippen molar-refractivity contribution in [2.45, 2.75) is 13.3 Å². The van der Waals surface area contributed by atoms with Gasteiger partial charge in [0.25, 0.3) is 0 Å². The van der Waals surface area contributed by atoms with Gasteiger partial charge in [-0.2, -0.15) is 0 Å². The molecule has 0 saturated carbocycles. The molecular formula is C12H21N5O2. The fourth-order valence-electron chi connectivity index (χ4n) is 1.61. The van der Waals surface area contributed by atoms with E-state index >= 15 is 0 Å². The van der Waals surface area contributed by atoms with E-state index in [2.05, 4.69) is 20.6 Å². The summed E-state index contributed by atoms with van der Waals surface area (Å²) < 4.78 is 5.29. The molecule has 1 rings (SSSR count). The maximum absolute atomic E-state index is 11.7. The molecule has 2 N–H and O–H groups in total. The molecule has 1 aromatic heterocycles. The van der Waals surface area contributed by atoms with Gasteiger partial charge in [0.15, 0.2) is 11.6 Å². The van der Waals surface area contributed by atoms with Gasteiger partial charge in [-0.25, -0.2) is 9.97 Å². The predicted molar refractivity (Wildman–Crippen MR) is 74.7 cm³/mol. The van der Waals surface area contributed by atoms with Gasteiger partial charge >= 0.3 is 0 Å². The number of nitrogens with one attached hydrogen (secondary N) is 2. The number of ether oxygens (including phenoxy) is 1. The van der Waals surface area contributed by atoms with Crippen LogP contribution in [0.1, 0.15) is 13.3 Å². The van der Waals surface area contributed by atoms with Gasteiger partial charge in [0.05, 0.1) is 13.7 Å². The molecule has 1 amide bonds. The minimum Gasteiger partial charge on any atom is -0.490 e. The maximum Gasteiger partial charge on any atom is 0.239 e. The Hall–Kier alpha value is -2.05. The number of hydrogen-bond acceptors (Lipinski definition) is 6. The fourth-order valence-corrected chi connectivity index (χ4v) is 1.61. The molecule has 0 bridgehead atoms. The first-order valence-corrected chi connectivity index (χ1v) is 6.18. The Kier molecular flexibility index (Phi) is 5.84. The van der Waals surface area contributed by atoms with Crippen LogP contribution in [0.5, 0.6) is 5.75 Å². The van der Waals surface area contributed by atoms with Crippen LogP contribution in [0.15, 0.2) is 6.33 Å². The van der Waals surface area contributed by atoms with Gasteiger partial charge in [-0.05, 0) is 6.42 Å². The number of anilines is 2. The zero-order valence-electron chi connectivity index (χ0n) is 11.9. The van der Waals surface area contributed by atoms with Crippen molar-refractivity contribution in [1.29, 1.82) is 0 Å². The molecule has 0 unspecified atom stereocenters. The zero-order chi connectivity index (χ0) is 14.3. The first-order valence-electron chi connectivity index (χ1n) is 6.18. The molecule has 0 aliphatic carbocycles. The number of methoxy groups -OCH3 is 1. The number of aromatic nitrogens is 2. The predicted octanol–water partition coefficient (Wildman–Crippen LogP) is 0.489. The summed E-state index contributed by atoms with van der Waals surface area (Å²) in [5.74, 6) is 1.65. The summed E-state index contributed by atoms with van der Waals surface area (Å²) in [5, 5.41) is 5.74. The molecule has 0 saturated heterocycles. The highest BCUT2D eigenvalue weighted by molar-refractivity contribution is 5.81. The Labute approximate surface area is 113 Å². The van der Waals surface area contributed by atoms with E-state index in [-0.39, 0.29) is 12.5 Å². The van der Waals surface area contributed by atoms with Crippen LogP contribution in [-0.4, -0.2) is 50.2 Å². The summed E-state index contributed by atoms with van der Waals surface area (Å²) in [5.41, 5.74) is 0. The number of rotatable bonds is 7. The molecule has 7 heteroatoms. The molecule has 0 atom stereocenters. The molecule has 0 aliphatic rings. The lowest BCUT2D eigenvalue weighted by Crippen LogP contribution is -2.36. The van der Waals surface area contributed by atoms with Gasteiger partial charge in [0.2, 0.25) is 11.7 Å². The molecule has 7 nitrogen and oxygen atoms in total. The SMILES string of the molecule is CCCNC(=O)CN(C)c1ncnc(NC)c1OC. The van der Waals surface area contributed by atoms with Crippen LogP contribution in [0, 0.1) is 0 Å². The Morgan fingerprint density at radius 2 is 2.21 bits per heavy atom. The van der Waals surface area contributed by atoms with Gasteiger partial charge in [-0.1, -0.05) is 6.92 Å². The lowest BCUT2D eigenvalue weighted by Gasteiger charge is -2.20. The Bertz CT molecular complexity index is 425. The van der Waals surface area contributed by atoms with E-state index in [1.54, 1.807) is 26.1 Å². The van der Waals surface area contributed by atoms with Crippen molar-refractivity contribution < 1.29 is 9.53 Å². The van der Waals surface area contributed by atoms with Crippen LogP contribution >= 0.6 is 0 Å². The van der Waals surface area contributed by atoms with Crippen molar-refractivity contribution in [3.05, 3.63) is 6.33 Å². The lowest BCUT2D eigenvalue weighted by atomic mass is 10.4. The molecular weight excluding hydrogens is 246 g/mol.